The third-order valence-electron chi connectivity index (χ3n) is 3.70. The van der Waals surface area contributed by atoms with E-state index >= 15 is 0 Å². The molecule has 1 aliphatic rings. The van der Waals surface area contributed by atoms with Crippen LogP contribution in [0.3, 0.4) is 0 Å². The van der Waals surface area contributed by atoms with E-state index in [1.165, 1.54) is 5.56 Å². The molecule has 5 nitrogen and oxygen atoms in total. The standard InChI is InChI=1S/C16H25N3O2.HI/c1-12-5-6-13(14(7-12)20-4)8-18-15(17-3)19-9-16(2)10-21-11-16;/h5-7H,8-11H2,1-4H3,(H2,17,18,19);1H. The highest BCUT2D eigenvalue weighted by molar-refractivity contribution is 14.0. The molecule has 1 heterocycles. The van der Waals surface area contributed by atoms with E-state index in [1.54, 1.807) is 14.2 Å². The number of nitrogens with one attached hydrogen (secondary N) is 2. The van der Waals surface area contributed by atoms with Crippen LogP contribution < -0.4 is 15.4 Å². The number of guanidine groups is 1. The van der Waals surface area contributed by atoms with E-state index < -0.39 is 0 Å². The predicted molar refractivity (Wildman–Crippen MR) is 100 cm³/mol. The first kappa shape index (κ1) is 19.0. The Morgan fingerprint density at radius 1 is 1.36 bits per heavy atom. The quantitative estimate of drug-likeness (QED) is 0.437. The van der Waals surface area contributed by atoms with Crippen molar-refractivity contribution >= 4 is 29.9 Å². The highest BCUT2D eigenvalue weighted by Crippen LogP contribution is 2.25. The van der Waals surface area contributed by atoms with E-state index in [0.717, 1.165) is 37.0 Å². The Kier molecular flexibility index (Phi) is 7.41. The van der Waals surface area contributed by atoms with Gasteiger partial charge in [0.05, 0.1) is 20.3 Å². The number of benzene rings is 1. The SMILES string of the molecule is CN=C(NCc1ccc(C)cc1OC)NCC1(C)COC1.I. The van der Waals surface area contributed by atoms with E-state index in [9.17, 15) is 0 Å². The van der Waals surface area contributed by atoms with Gasteiger partial charge in [-0.2, -0.15) is 0 Å². The van der Waals surface area contributed by atoms with Crippen LogP contribution in [0.15, 0.2) is 23.2 Å². The fourth-order valence-corrected chi connectivity index (χ4v) is 2.25. The number of hydrogen-bond donors (Lipinski definition) is 2. The number of ether oxygens (including phenoxy) is 2. The number of nitrogens with zero attached hydrogens (tertiary/aromatic N) is 1. The number of methoxy groups -OCH3 is 1. The molecule has 0 radical (unpaired) electrons. The average molecular weight is 419 g/mol. The number of hydrogen-bond acceptors (Lipinski definition) is 3. The van der Waals surface area contributed by atoms with Crippen molar-refractivity contribution in [3.63, 3.8) is 0 Å². The largest absolute Gasteiger partial charge is 0.496 e. The highest BCUT2D eigenvalue weighted by Gasteiger charge is 2.33. The Balaban J connectivity index is 0.00000242. The van der Waals surface area contributed by atoms with Gasteiger partial charge in [-0.1, -0.05) is 19.1 Å². The molecule has 0 bridgehead atoms. The highest BCUT2D eigenvalue weighted by atomic mass is 127. The van der Waals surface area contributed by atoms with E-state index in [4.69, 9.17) is 9.47 Å². The summed E-state index contributed by atoms with van der Waals surface area (Å²) >= 11 is 0. The van der Waals surface area contributed by atoms with Crippen molar-refractivity contribution in [3.05, 3.63) is 29.3 Å². The molecule has 1 aromatic rings. The summed E-state index contributed by atoms with van der Waals surface area (Å²) in [5.41, 5.74) is 2.53. The van der Waals surface area contributed by atoms with Crippen LogP contribution in [0.1, 0.15) is 18.1 Å². The summed E-state index contributed by atoms with van der Waals surface area (Å²) in [6, 6.07) is 6.21. The van der Waals surface area contributed by atoms with Crippen molar-refractivity contribution in [2.75, 3.05) is 33.9 Å². The van der Waals surface area contributed by atoms with Gasteiger partial charge in [-0.3, -0.25) is 4.99 Å². The lowest BCUT2D eigenvalue weighted by atomic mass is 9.89. The Hall–Kier alpha value is -1.02. The molecule has 1 fully saturated rings. The van der Waals surface area contributed by atoms with Gasteiger partial charge in [0.1, 0.15) is 5.75 Å². The van der Waals surface area contributed by atoms with Crippen LogP contribution in [-0.4, -0.2) is 39.9 Å². The second kappa shape index (κ2) is 8.57. The third kappa shape index (κ3) is 5.01. The van der Waals surface area contributed by atoms with Gasteiger partial charge in [-0.15, -0.1) is 24.0 Å². The molecular formula is C16H26IN3O2. The van der Waals surface area contributed by atoms with Crippen LogP contribution in [0.25, 0.3) is 0 Å². The lowest BCUT2D eigenvalue weighted by Gasteiger charge is -2.38. The van der Waals surface area contributed by atoms with Crippen molar-refractivity contribution in [1.82, 2.24) is 10.6 Å². The molecule has 0 aliphatic carbocycles. The molecule has 2 rings (SSSR count). The van der Waals surface area contributed by atoms with Gasteiger partial charge in [0.15, 0.2) is 5.96 Å². The zero-order chi connectivity index (χ0) is 15.3. The average Bonchev–Trinajstić information content (AvgIpc) is 2.46. The zero-order valence-electron chi connectivity index (χ0n) is 13.7. The monoisotopic (exact) mass is 419 g/mol. The van der Waals surface area contributed by atoms with Crippen molar-refractivity contribution in [2.45, 2.75) is 20.4 Å². The van der Waals surface area contributed by atoms with Crippen LogP contribution in [0.2, 0.25) is 0 Å². The maximum Gasteiger partial charge on any atom is 0.191 e. The molecule has 0 saturated carbocycles. The Bertz CT molecular complexity index is 516. The van der Waals surface area contributed by atoms with Gasteiger partial charge in [0.2, 0.25) is 0 Å². The second-order valence-electron chi connectivity index (χ2n) is 5.90. The van der Waals surface area contributed by atoms with Gasteiger partial charge in [-0.25, -0.2) is 0 Å². The van der Waals surface area contributed by atoms with Crippen LogP contribution in [0, 0.1) is 12.3 Å². The second-order valence-corrected chi connectivity index (χ2v) is 5.90. The number of aryl methyl sites for hydroxylation is 1. The molecule has 0 aromatic heterocycles. The van der Waals surface area contributed by atoms with Crippen LogP contribution >= 0.6 is 24.0 Å². The normalized spacial score (nSPS) is 16.3. The molecule has 22 heavy (non-hydrogen) atoms. The minimum atomic E-state index is 0. The predicted octanol–water partition coefficient (Wildman–Crippen LogP) is 2.32. The van der Waals surface area contributed by atoms with Gasteiger partial charge >= 0.3 is 0 Å². The van der Waals surface area contributed by atoms with Gasteiger partial charge in [0, 0.05) is 31.1 Å². The molecule has 1 aromatic carbocycles. The smallest absolute Gasteiger partial charge is 0.191 e. The van der Waals surface area contributed by atoms with Crippen molar-refractivity contribution in [2.24, 2.45) is 10.4 Å². The first-order valence-electron chi connectivity index (χ1n) is 7.22. The van der Waals surface area contributed by atoms with Crippen molar-refractivity contribution in [3.8, 4) is 5.75 Å². The first-order valence-corrected chi connectivity index (χ1v) is 7.22. The number of halogens is 1. The van der Waals surface area contributed by atoms with Crippen molar-refractivity contribution in [1.29, 1.82) is 0 Å². The molecule has 0 spiro atoms. The Morgan fingerprint density at radius 2 is 2.09 bits per heavy atom. The lowest BCUT2D eigenvalue weighted by Crippen LogP contribution is -2.50. The minimum Gasteiger partial charge on any atom is -0.496 e. The van der Waals surface area contributed by atoms with Gasteiger partial charge in [0.25, 0.3) is 0 Å². The number of aliphatic imine (C=N–C) groups is 1. The molecule has 0 unspecified atom stereocenters. The lowest BCUT2D eigenvalue weighted by molar-refractivity contribution is -0.0971. The molecular weight excluding hydrogens is 393 g/mol. The fourth-order valence-electron chi connectivity index (χ4n) is 2.25. The summed E-state index contributed by atoms with van der Waals surface area (Å²) in [5, 5.41) is 6.67. The minimum absolute atomic E-state index is 0. The fraction of sp³-hybridized carbons (Fsp3) is 0.562. The molecule has 2 N–H and O–H groups in total. The zero-order valence-corrected chi connectivity index (χ0v) is 16.1. The topological polar surface area (TPSA) is 54.9 Å². The molecule has 0 amide bonds. The molecule has 0 atom stereocenters. The third-order valence-corrected chi connectivity index (χ3v) is 3.70. The summed E-state index contributed by atoms with van der Waals surface area (Å²) in [6.07, 6.45) is 0. The molecule has 1 aliphatic heterocycles. The summed E-state index contributed by atoms with van der Waals surface area (Å²) in [4.78, 5) is 4.25. The Morgan fingerprint density at radius 3 is 2.64 bits per heavy atom. The maximum atomic E-state index is 5.42. The molecule has 124 valence electrons. The van der Waals surface area contributed by atoms with E-state index in [0.29, 0.717) is 6.54 Å². The Labute approximate surface area is 149 Å². The van der Waals surface area contributed by atoms with Gasteiger partial charge < -0.3 is 20.1 Å². The summed E-state index contributed by atoms with van der Waals surface area (Å²) in [5.74, 6) is 1.70. The van der Waals surface area contributed by atoms with Crippen LogP contribution in [0.4, 0.5) is 0 Å². The van der Waals surface area contributed by atoms with E-state index in [1.807, 2.05) is 6.07 Å². The van der Waals surface area contributed by atoms with Crippen molar-refractivity contribution < 1.29 is 9.47 Å². The van der Waals surface area contributed by atoms with E-state index in [2.05, 4.69) is 41.6 Å². The maximum absolute atomic E-state index is 5.42. The number of rotatable bonds is 5. The van der Waals surface area contributed by atoms with E-state index in [-0.39, 0.29) is 29.4 Å². The molecule has 6 heteroatoms. The van der Waals surface area contributed by atoms with Crippen LogP contribution in [-0.2, 0) is 11.3 Å². The van der Waals surface area contributed by atoms with Crippen LogP contribution in [0.5, 0.6) is 5.75 Å². The summed E-state index contributed by atoms with van der Waals surface area (Å²) in [7, 11) is 3.48. The molecule has 1 saturated heterocycles. The summed E-state index contributed by atoms with van der Waals surface area (Å²) < 4.78 is 10.7. The summed E-state index contributed by atoms with van der Waals surface area (Å²) in [6.45, 7) is 7.42. The first-order chi connectivity index (χ1) is 10.1. The van der Waals surface area contributed by atoms with Gasteiger partial charge in [-0.05, 0) is 18.6 Å².